The Morgan fingerprint density at radius 2 is 2.32 bits per heavy atom. The molecule has 19 heavy (non-hydrogen) atoms. The molecule has 0 aliphatic rings. The minimum Gasteiger partial charge on any atom is -0.385 e. The fraction of sp³-hybridized carbons (Fsp3) is 0.364. The van der Waals surface area contributed by atoms with E-state index in [9.17, 15) is 14.5 Å². The molecule has 0 heterocycles. The molecule has 0 radical (unpaired) electrons. The molecule has 0 bridgehead atoms. The molecule has 0 atom stereocenters. The second-order valence-electron chi connectivity index (χ2n) is 3.65. The minimum absolute atomic E-state index is 0.0292. The zero-order valence-corrected chi connectivity index (χ0v) is 11.1. The molecule has 0 amide bonds. The van der Waals surface area contributed by atoms with E-state index < -0.39 is 10.7 Å². The van der Waals surface area contributed by atoms with Crippen molar-refractivity contribution in [1.82, 2.24) is 5.32 Å². The molecule has 0 unspecified atom stereocenters. The second kappa shape index (κ2) is 7.59. The summed E-state index contributed by atoms with van der Waals surface area (Å²) >= 11 is 4.95. The third kappa shape index (κ3) is 5.14. The van der Waals surface area contributed by atoms with Crippen molar-refractivity contribution >= 4 is 28.7 Å². The van der Waals surface area contributed by atoms with Gasteiger partial charge in [-0.2, -0.15) is 0 Å². The summed E-state index contributed by atoms with van der Waals surface area (Å²) in [6, 6.07) is 3.21. The molecule has 0 saturated carbocycles. The van der Waals surface area contributed by atoms with Crippen LogP contribution < -0.4 is 10.6 Å². The number of methoxy groups -OCH3 is 1. The Morgan fingerprint density at radius 1 is 1.58 bits per heavy atom. The summed E-state index contributed by atoms with van der Waals surface area (Å²) in [6.07, 6.45) is 0.746. The molecule has 2 N–H and O–H groups in total. The molecule has 1 rings (SSSR count). The average molecular weight is 287 g/mol. The number of non-ortho nitro benzene ring substituents is 1. The molecule has 1 aromatic rings. The van der Waals surface area contributed by atoms with E-state index in [4.69, 9.17) is 17.0 Å². The van der Waals surface area contributed by atoms with Gasteiger partial charge in [0.25, 0.3) is 5.69 Å². The lowest BCUT2D eigenvalue weighted by molar-refractivity contribution is -0.384. The Balaban J connectivity index is 2.58. The average Bonchev–Trinajstić information content (AvgIpc) is 2.37. The highest BCUT2D eigenvalue weighted by molar-refractivity contribution is 7.80. The zero-order chi connectivity index (χ0) is 14.3. The molecular weight excluding hydrogens is 273 g/mol. The van der Waals surface area contributed by atoms with Gasteiger partial charge in [-0.3, -0.25) is 10.1 Å². The predicted octanol–water partition coefficient (Wildman–Crippen LogP) is 2.06. The van der Waals surface area contributed by atoms with Crippen LogP contribution >= 0.6 is 12.2 Å². The normalized spacial score (nSPS) is 10.0. The van der Waals surface area contributed by atoms with Crippen molar-refractivity contribution in [2.24, 2.45) is 0 Å². The van der Waals surface area contributed by atoms with Gasteiger partial charge in [-0.1, -0.05) is 0 Å². The topological polar surface area (TPSA) is 76.4 Å². The smallest absolute Gasteiger partial charge is 0.271 e. The Hall–Kier alpha value is -1.80. The lowest BCUT2D eigenvalue weighted by atomic mass is 10.2. The first-order valence-corrected chi connectivity index (χ1v) is 5.93. The van der Waals surface area contributed by atoms with E-state index in [0.717, 1.165) is 24.6 Å². The highest BCUT2D eigenvalue weighted by Gasteiger charge is 2.11. The lowest BCUT2D eigenvalue weighted by Crippen LogP contribution is -2.30. The third-order valence-corrected chi connectivity index (χ3v) is 2.47. The highest BCUT2D eigenvalue weighted by Crippen LogP contribution is 2.20. The molecule has 0 aliphatic carbocycles. The Labute approximate surface area is 115 Å². The number of thiocarbonyl (C=S) groups is 1. The van der Waals surface area contributed by atoms with Crippen molar-refractivity contribution in [3.63, 3.8) is 0 Å². The molecular formula is C11H14FN3O3S. The molecule has 8 heteroatoms. The van der Waals surface area contributed by atoms with E-state index in [1.54, 1.807) is 7.11 Å². The van der Waals surface area contributed by atoms with Gasteiger partial charge in [-0.15, -0.1) is 0 Å². The van der Waals surface area contributed by atoms with E-state index in [0.29, 0.717) is 13.2 Å². The number of anilines is 1. The van der Waals surface area contributed by atoms with Crippen LogP contribution in [-0.4, -0.2) is 30.3 Å². The number of hydrogen-bond donors (Lipinski definition) is 2. The molecule has 0 aromatic heterocycles. The monoisotopic (exact) mass is 287 g/mol. The van der Waals surface area contributed by atoms with Gasteiger partial charge in [0, 0.05) is 32.4 Å². The lowest BCUT2D eigenvalue weighted by Gasteiger charge is -2.10. The molecule has 0 saturated heterocycles. The van der Waals surface area contributed by atoms with Gasteiger partial charge in [0.15, 0.2) is 5.11 Å². The first-order chi connectivity index (χ1) is 9.04. The van der Waals surface area contributed by atoms with E-state index >= 15 is 0 Å². The molecule has 1 aromatic carbocycles. The minimum atomic E-state index is -0.605. The number of nitro groups is 1. The highest BCUT2D eigenvalue weighted by atomic mass is 32.1. The van der Waals surface area contributed by atoms with Gasteiger partial charge < -0.3 is 15.4 Å². The van der Waals surface area contributed by atoms with Crippen molar-refractivity contribution < 1.29 is 14.1 Å². The maximum absolute atomic E-state index is 13.4. The Morgan fingerprint density at radius 3 is 2.95 bits per heavy atom. The number of nitrogens with zero attached hydrogens (tertiary/aromatic N) is 1. The van der Waals surface area contributed by atoms with E-state index in [1.807, 2.05) is 0 Å². The van der Waals surface area contributed by atoms with Crippen LogP contribution in [0.4, 0.5) is 15.8 Å². The van der Waals surface area contributed by atoms with Crippen molar-refractivity contribution in [2.45, 2.75) is 6.42 Å². The van der Waals surface area contributed by atoms with Crippen molar-refractivity contribution in [3.8, 4) is 0 Å². The number of benzene rings is 1. The Bertz CT molecular complexity index is 470. The molecule has 104 valence electrons. The summed E-state index contributed by atoms with van der Waals surface area (Å²) in [6.45, 7) is 1.15. The summed E-state index contributed by atoms with van der Waals surface area (Å²) in [5, 5.41) is 16.2. The van der Waals surface area contributed by atoms with Crippen molar-refractivity contribution in [3.05, 3.63) is 34.1 Å². The van der Waals surface area contributed by atoms with Crippen LogP contribution in [0, 0.1) is 15.9 Å². The van der Waals surface area contributed by atoms with Crippen molar-refractivity contribution in [1.29, 1.82) is 0 Å². The Kier molecular flexibility index (Phi) is 6.10. The first kappa shape index (κ1) is 15.3. The molecule has 0 spiro atoms. The van der Waals surface area contributed by atoms with Crippen LogP contribution in [0.3, 0.4) is 0 Å². The second-order valence-corrected chi connectivity index (χ2v) is 4.06. The van der Waals surface area contributed by atoms with Crippen LogP contribution in [0.5, 0.6) is 0 Å². The van der Waals surface area contributed by atoms with Crippen LogP contribution in [0.25, 0.3) is 0 Å². The van der Waals surface area contributed by atoms with E-state index in [2.05, 4.69) is 10.6 Å². The van der Waals surface area contributed by atoms with Gasteiger partial charge >= 0.3 is 0 Å². The van der Waals surface area contributed by atoms with Crippen molar-refractivity contribution in [2.75, 3.05) is 25.6 Å². The van der Waals surface area contributed by atoms with Gasteiger partial charge in [-0.25, -0.2) is 4.39 Å². The molecule has 0 fully saturated rings. The maximum atomic E-state index is 13.4. The SMILES string of the molecule is COCCCNC(=S)Nc1cc([N+](=O)[O-])ccc1F. The van der Waals surface area contributed by atoms with Crippen LogP contribution in [0.15, 0.2) is 18.2 Å². The largest absolute Gasteiger partial charge is 0.385 e. The van der Waals surface area contributed by atoms with Gasteiger partial charge in [0.2, 0.25) is 0 Å². The third-order valence-electron chi connectivity index (χ3n) is 2.22. The number of nitrogens with one attached hydrogen (secondary N) is 2. The summed E-state index contributed by atoms with van der Waals surface area (Å²) < 4.78 is 18.3. The number of halogens is 1. The fourth-order valence-electron chi connectivity index (χ4n) is 1.31. The number of ether oxygens (including phenoxy) is 1. The molecule has 0 aliphatic heterocycles. The van der Waals surface area contributed by atoms with Crippen LogP contribution in [0.2, 0.25) is 0 Å². The van der Waals surface area contributed by atoms with Crippen LogP contribution in [0.1, 0.15) is 6.42 Å². The standard InChI is InChI=1S/C11H14FN3O3S/c1-18-6-2-5-13-11(19)14-10-7-8(15(16)17)3-4-9(10)12/h3-4,7H,2,5-6H2,1H3,(H2,13,14,19). The van der Waals surface area contributed by atoms with E-state index in [1.165, 1.54) is 0 Å². The fourth-order valence-corrected chi connectivity index (χ4v) is 1.52. The first-order valence-electron chi connectivity index (χ1n) is 5.52. The predicted molar refractivity (Wildman–Crippen MR) is 73.8 cm³/mol. The van der Waals surface area contributed by atoms with Gasteiger partial charge in [0.05, 0.1) is 10.6 Å². The summed E-state index contributed by atoms with van der Waals surface area (Å²) in [7, 11) is 1.59. The number of rotatable bonds is 6. The summed E-state index contributed by atoms with van der Waals surface area (Å²) in [5.74, 6) is -0.605. The maximum Gasteiger partial charge on any atom is 0.271 e. The summed E-state index contributed by atoms with van der Waals surface area (Å²) in [4.78, 5) is 9.99. The molecule has 6 nitrogen and oxygen atoms in total. The number of nitro benzene ring substituents is 1. The van der Waals surface area contributed by atoms with E-state index in [-0.39, 0.29) is 16.5 Å². The van der Waals surface area contributed by atoms with Gasteiger partial charge in [-0.05, 0) is 24.7 Å². The van der Waals surface area contributed by atoms with Gasteiger partial charge in [0.1, 0.15) is 5.82 Å². The zero-order valence-electron chi connectivity index (χ0n) is 10.3. The van der Waals surface area contributed by atoms with Crippen LogP contribution in [-0.2, 0) is 4.74 Å². The summed E-state index contributed by atoms with van der Waals surface area (Å²) in [5.41, 5.74) is -0.232. The number of hydrogen-bond acceptors (Lipinski definition) is 4. The quantitative estimate of drug-likeness (QED) is 0.361.